The molecule has 0 atom stereocenters. The number of nitrogens with zero attached hydrogens (tertiary/aromatic N) is 2. The van der Waals surface area contributed by atoms with Gasteiger partial charge in [0, 0.05) is 11.6 Å². The van der Waals surface area contributed by atoms with Gasteiger partial charge in [0.25, 0.3) is 5.69 Å². The van der Waals surface area contributed by atoms with Crippen LogP contribution < -0.4 is 0 Å². The summed E-state index contributed by atoms with van der Waals surface area (Å²) in [5.41, 5.74) is 0.890. The summed E-state index contributed by atoms with van der Waals surface area (Å²) in [6.45, 7) is 0. The minimum atomic E-state index is -0.527. The van der Waals surface area contributed by atoms with Crippen molar-refractivity contribution in [3.63, 3.8) is 0 Å². The van der Waals surface area contributed by atoms with Crippen LogP contribution >= 0.6 is 0 Å². The lowest BCUT2D eigenvalue weighted by molar-refractivity contribution is -0.385. The molecule has 2 heterocycles. The third-order valence-electron chi connectivity index (χ3n) is 2.24. The fourth-order valence-electron chi connectivity index (χ4n) is 1.47. The Kier molecular flexibility index (Phi) is 2.32. The van der Waals surface area contributed by atoms with E-state index < -0.39 is 10.9 Å². The van der Waals surface area contributed by atoms with Gasteiger partial charge in [-0.2, -0.15) is 0 Å². The fraction of sp³-hybridized carbons (Fsp3) is 0.100. The summed E-state index contributed by atoms with van der Waals surface area (Å²) in [5, 5.41) is 10.6. The Morgan fingerprint density at radius 2 is 2.06 bits per heavy atom. The van der Waals surface area contributed by atoms with Crippen molar-refractivity contribution in [1.82, 2.24) is 4.40 Å². The Morgan fingerprint density at radius 1 is 1.38 bits per heavy atom. The highest BCUT2D eigenvalue weighted by Crippen LogP contribution is 2.17. The van der Waals surface area contributed by atoms with Crippen molar-refractivity contribution in [1.29, 1.82) is 0 Å². The van der Waals surface area contributed by atoms with Gasteiger partial charge in [0.15, 0.2) is 0 Å². The molecule has 0 aliphatic carbocycles. The highest BCUT2D eigenvalue weighted by molar-refractivity contribution is 5.89. The number of aromatic nitrogens is 1. The molecule has 0 unspecified atom stereocenters. The molecule has 2 rings (SSSR count). The van der Waals surface area contributed by atoms with Gasteiger partial charge in [0.05, 0.1) is 18.2 Å². The lowest BCUT2D eigenvalue weighted by atomic mass is 10.4. The molecule has 0 spiro atoms. The van der Waals surface area contributed by atoms with E-state index in [0.29, 0.717) is 5.52 Å². The SMILES string of the molecule is COC(=O)c1ccc2ccc([N+](=O)[O-])cn12. The number of ether oxygens (including phenoxy) is 1. The molecule has 82 valence electrons. The van der Waals surface area contributed by atoms with E-state index in [0.717, 1.165) is 0 Å². The zero-order chi connectivity index (χ0) is 11.7. The largest absolute Gasteiger partial charge is 0.464 e. The molecule has 0 saturated carbocycles. The zero-order valence-electron chi connectivity index (χ0n) is 8.41. The smallest absolute Gasteiger partial charge is 0.355 e. The Morgan fingerprint density at radius 3 is 2.69 bits per heavy atom. The van der Waals surface area contributed by atoms with Crippen LogP contribution in [0.25, 0.3) is 5.52 Å². The minimum absolute atomic E-state index is 0.0751. The molecule has 0 fully saturated rings. The zero-order valence-corrected chi connectivity index (χ0v) is 8.41. The maximum absolute atomic E-state index is 11.4. The molecule has 0 N–H and O–H groups in total. The third-order valence-corrected chi connectivity index (χ3v) is 2.24. The van der Waals surface area contributed by atoms with E-state index in [-0.39, 0.29) is 11.4 Å². The number of rotatable bonds is 2. The average molecular weight is 220 g/mol. The first-order chi connectivity index (χ1) is 7.63. The monoisotopic (exact) mass is 220 g/mol. The van der Waals surface area contributed by atoms with Gasteiger partial charge in [-0.1, -0.05) is 0 Å². The molecule has 16 heavy (non-hydrogen) atoms. The molecular formula is C10H8N2O4. The fourth-order valence-corrected chi connectivity index (χ4v) is 1.47. The van der Waals surface area contributed by atoms with Crippen LogP contribution in [0.15, 0.2) is 30.5 Å². The van der Waals surface area contributed by atoms with Crippen molar-refractivity contribution in [2.45, 2.75) is 0 Å². The number of hydrogen-bond acceptors (Lipinski definition) is 4. The molecule has 0 bridgehead atoms. The van der Waals surface area contributed by atoms with Crippen molar-refractivity contribution >= 4 is 17.2 Å². The lowest BCUT2D eigenvalue weighted by Gasteiger charge is -2.00. The van der Waals surface area contributed by atoms with E-state index in [9.17, 15) is 14.9 Å². The van der Waals surface area contributed by atoms with E-state index in [1.165, 1.54) is 23.8 Å². The molecule has 0 aliphatic rings. The Balaban J connectivity index is 2.64. The standard InChI is InChI=1S/C10H8N2O4/c1-16-10(13)9-5-4-7-2-3-8(12(14)15)6-11(7)9/h2-6H,1H3. The first-order valence-electron chi connectivity index (χ1n) is 4.47. The quantitative estimate of drug-likeness (QED) is 0.438. The summed E-state index contributed by atoms with van der Waals surface area (Å²) in [5.74, 6) is -0.527. The topological polar surface area (TPSA) is 73.8 Å². The first-order valence-corrected chi connectivity index (χ1v) is 4.47. The van der Waals surface area contributed by atoms with Crippen LogP contribution in [0.4, 0.5) is 5.69 Å². The first kappa shape index (κ1) is 10.2. The van der Waals surface area contributed by atoms with Crippen LogP contribution in [-0.4, -0.2) is 22.4 Å². The van der Waals surface area contributed by atoms with E-state index in [4.69, 9.17) is 0 Å². The van der Waals surface area contributed by atoms with Crippen LogP contribution in [-0.2, 0) is 4.74 Å². The van der Waals surface area contributed by atoms with Gasteiger partial charge in [-0.25, -0.2) is 4.79 Å². The molecule has 6 nitrogen and oxygen atoms in total. The number of pyridine rings is 1. The predicted molar refractivity (Wildman–Crippen MR) is 55.4 cm³/mol. The summed E-state index contributed by atoms with van der Waals surface area (Å²) in [4.78, 5) is 21.4. The van der Waals surface area contributed by atoms with Gasteiger partial charge in [0.1, 0.15) is 5.69 Å². The summed E-state index contributed by atoms with van der Waals surface area (Å²) in [6.07, 6.45) is 1.29. The highest BCUT2D eigenvalue weighted by Gasteiger charge is 2.13. The van der Waals surface area contributed by atoms with E-state index in [1.54, 1.807) is 18.2 Å². The van der Waals surface area contributed by atoms with Crippen LogP contribution in [0.1, 0.15) is 10.5 Å². The third kappa shape index (κ3) is 1.50. The van der Waals surface area contributed by atoms with Crippen molar-refractivity contribution < 1.29 is 14.5 Å². The number of fused-ring (bicyclic) bond motifs is 1. The Labute approximate surface area is 90.2 Å². The molecule has 0 amide bonds. The maximum atomic E-state index is 11.4. The Hall–Kier alpha value is -2.37. The van der Waals surface area contributed by atoms with Crippen LogP contribution in [0.3, 0.4) is 0 Å². The Bertz CT molecular complexity index is 573. The van der Waals surface area contributed by atoms with Gasteiger partial charge in [0.2, 0.25) is 0 Å². The lowest BCUT2D eigenvalue weighted by Crippen LogP contribution is -2.05. The molecule has 0 aromatic carbocycles. The summed E-state index contributed by atoms with van der Waals surface area (Å²) < 4.78 is 6.01. The van der Waals surface area contributed by atoms with E-state index >= 15 is 0 Å². The number of nitro groups is 1. The van der Waals surface area contributed by atoms with Crippen molar-refractivity contribution in [2.75, 3.05) is 7.11 Å². The second-order valence-corrected chi connectivity index (χ2v) is 3.15. The predicted octanol–water partition coefficient (Wildman–Crippen LogP) is 1.63. The van der Waals surface area contributed by atoms with E-state index in [1.807, 2.05) is 0 Å². The van der Waals surface area contributed by atoms with Gasteiger partial charge in [-0.15, -0.1) is 0 Å². The molecule has 2 aromatic heterocycles. The second-order valence-electron chi connectivity index (χ2n) is 3.15. The molecular weight excluding hydrogens is 212 g/mol. The molecule has 0 radical (unpaired) electrons. The summed E-state index contributed by atoms with van der Waals surface area (Å²) >= 11 is 0. The second kappa shape index (κ2) is 3.65. The molecule has 6 heteroatoms. The van der Waals surface area contributed by atoms with Crippen LogP contribution in [0, 0.1) is 10.1 Å². The normalized spacial score (nSPS) is 10.3. The van der Waals surface area contributed by atoms with Gasteiger partial charge in [-0.3, -0.25) is 10.1 Å². The number of esters is 1. The van der Waals surface area contributed by atoms with Crippen molar-refractivity contribution in [2.24, 2.45) is 0 Å². The minimum Gasteiger partial charge on any atom is -0.464 e. The summed E-state index contributed by atoms with van der Waals surface area (Å²) in [7, 11) is 1.26. The van der Waals surface area contributed by atoms with Crippen LogP contribution in [0.2, 0.25) is 0 Å². The van der Waals surface area contributed by atoms with Crippen LogP contribution in [0.5, 0.6) is 0 Å². The van der Waals surface area contributed by atoms with Gasteiger partial charge in [-0.05, 0) is 18.2 Å². The number of methoxy groups -OCH3 is 1. The average Bonchev–Trinajstić information content (AvgIpc) is 2.70. The molecule has 0 aliphatic heterocycles. The molecule has 0 saturated heterocycles. The van der Waals surface area contributed by atoms with Crippen molar-refractivity contribution in [3.8, 4) is 0 Å². The number of carbonyl (C=O) groups excluding carboxylic acids is 1. The van der Waals surface area contributed by atoms with E-state index in [2.05, 4.69) is 4.74 Å². The van der Waals surface area contributed by atoms with Gasteiger partial charge >= 0.3 is 5.97 Å². The highest BCUT2D eigenvalue weighted by atomic mass is 16.6. The summed E-state index contributed by atoms with van der Waals surface area (Å²) in [6, 6.07) is 6.21. The van der Waals surface area contributed by atoms with Crippen molar-refractivity contribution in [3.05, 3.63) is 46.3 Å². The van der Waals surface area contributed by atoms with Gasteiger partial charge < -0.3 is 9.14 Å². The molecule has 2 aromatic rings. The number of hydrogen-bond donors (Lipinski definition) is 0. The maximum Gasteiger partial charge on any atom is 0.355 e. The number of carbonyl (C=O) groups is 1.